The van der Waals surface area contributed by atoms with E-state index in [1.807, 2.05) is 31.2 Å². The lowest BCUT2D eigenvalue weighted by Crippen LogP contribution is -2.42. The van der Waals surface area contributed by atoms with Gasteiger partial charge in [0.25, 0.3) is 0 Å². The molecule has 0 unspecified atom stereocenters. The summed E-state index contributed by atoms with van der Waals surface area (Å²) in [6.45, 7) is 3.33. The Bertz CT molecular complexity index is 681. The Balaban J connectivity index is 1.94. The van der Waals surface area contributed by atoms with Crippen LogP contribution in [0.15, 0.2) is 29.3 Å². The lowest BCUT2D eigenvalue weighted by molar-refractivity contribution is -0.127. The van der Waals surface area contributed by atoms with Gasteiger partial charge in [0.1, 0.15) is 0 Å². The topological polar surface area (TPSA) is 85.8 Å². The van der Waals surface area contributed by atoms with Crippen LogP contribution in [0.4, 0.5) is 5.69 Å². The van der Waals surface area contributed by atoms with Crippen molar-refractivity contribution in [2.45, 2.75) is 45.6 Å². The molecule has 0 spiro atoms. The normalized spacial score (nSPS) is 15.0. The van der Waals surface area contributed by atoms with Gasteiger partial charge in [0.2, 0.25) is 11.8 Å². The standard InChI is InChI=1S/C21H33N5O2/c1-4-22-21(24-15-19(27)26(2)3)23-14-16-9-8-12-18(13-16)25-20(28)17-10-6-5-7-11-17/h8-9,12-13,17H,4-7,10-11,14-15H2,1-3H3,(H,25,28)(H2,22,23,24). The van der Waals surface area contributed by atoms with Crippen LogP contribution in [0.2, 0.25) is 0 Å². The quantitative estimate of drug-likeness (QED) is 0.495. The lowest BCUT2D eigenvalue weighted by Gasteiger charge is -2.20. The summed E-state index contributed by atoms with van der Waals surface area (Å²) in [6.07, 6.45) is 5.49. The van der Waals surface area contributed by atoms with Crippen molar-refractivity contribution in [3.8, 4) is 0 Å². The summed E-state index contributed by atoms with van der Waals surface area (Å²) in [5.74, 6) is 0.833. The first kappa shape index (κ1) is 21.7. The number of nitrogens with one attached hydrogen (secondary N) is 3. The highest BCUT2D eigenvalue weighted by molar-refractivity contribution is 5.92. The van der Waals surface area contributed by atoms with E-state index in [1.165, 1.54) is 11.3 Å². The van der Waals surface area contributed by atoms with E-state index in [4.69, 9.17) is 0 Å². The van der Waals surface area contributed by atoms with Crippen molar-refractivity contribution in [1.29, 1.82) is 0 Å². The molecular weight excluding hydrogens is 354 g/mol. The van der Waals surface area contributed by atoms with Gasteiger partial charge in [-0.15, -0.1) is 0 Å². The number of amides is 2. The Morgan fingerprint density at radius 1 is 1.14 bits per heavy atom. The minimum atomic E-state index is -0.0157. The van der Waals surface area contributed by atoms with Crippen molar-refractivity contribution in [3.63, 3.8) is 0 Å². The summed E-state index contributed by atoms with van der Waals surface area (Å²) in [6, 6.07) is 7.78. The number of nitrogens with zero attached hydrogens (tertiary/aromatic N) is 2. The number of aliphatic imine (C=N–C) groups is 1. The smallest absolute Gasteiger partial charge is 0.241 e. The molecule has 28 heavy (non-hydrogen) atoms. The van der Waals surface area contributed by atoms with Crippen LogP contribution in [0.5, 0.6) is 0 Å². The molecule has 2 rings (SSSR count). The van der Waals surface area contributed by atoms with Gasteiger partial charge < -0.3 is 20.9 Å². The molecule has 0 aromatic heterocycles. The average molecular weight is 388 g/mol. The first-order valence-corrected chi connectivity index (χ1v) is 10.1. The monoisotopic (exact) mass is 387 g/mol. The Labute approximate surface area is 168 Å². The number of anilines is 1. The molecule has 1 aliphatic carbocycles. The molecule has 1 saturated carbocycles. The molecule has 1 aliphatic rings. The third-order valence-electron chi connectivity index (χ3n) is 4.84. The zero-order valence-corrected chi connectivity index (χ0v) is 17.3. The maximum atomic E-state index is 12.4. The minimum Gasteiger partial charge on any atom is -0.357 e. The third kappa shape index (κ3) is 7.21. The first-order chi connectivity index (χ1) is 13.5. The molecule has 1 fully saturated rings. The molecule has 0 radical (unpaired) electrons. The van der Waals surface area contributed by atoms with Crippen molar-refractivity contribution in [1.82, 2.24) is 15.5 Å². The van der Waals surface area contributed by atoms with Gasteiger partial charge in [0.15, 0.2) is 5.96 Å². The summed E-state index contributed by atoms with van der Waals surface area (Å²) in [7, 11) is 3.45. The summed E-state index contributed by atoms with van der Waals surface area (Å²) in [4.78, 5) is 30.3. The van der Waals surface area contributed by atoms with Crippen molar-refractivity contribution >= 4 is 23.5 Å². The first-order valence-electron chi connectivity index (χ1n) is 10.1. The van der Waals surface area contributed by atoms with Gasteiger partial charge in [-0.05, 0) is 37.5 Å². The molecule has 0 heterocycles. The van der Waals surface area contributed by atoms with Gasteiger partial charge >= 0.3 is 0 Å². The average Bonchev–Trinajstić information content (AvgIpc) is 2.70. The SMILES string of the molecule is CCNC(=NCc1cccc(NC(=O)C2CCCCC2)c1)NCC(=O)N(C)C. The Morgan fingerprint density at radius 3 is 2.57 bits per heavy atom. The molecule has 7 heteroatoms. The molecule has 1 aromatic carbocycles. The number of guanidine groups is 1. The van der Waals surface area contributed by atoms with Crippen molar-refractivity contribution in [2.24, 2.45) is 10.9 Å². The Hall–Kier alpha value is -2.57. The Kier molecular flexibility index (Phi) is 8.78. The van der Waals surface area contributed by atoms with Crippen LogP contribution >= 0.6 is 0 Å². The second kappa shape index (κ2) is 11.3. The van der Waals surface area contributed by atoms with E-state index < -0.39 is 0 Å². The van der Waals surface area contributed by atoms with Gasteiger partial charge in [-0.25, -0.2) is 4.99 Å². The number of carbonyl (C=O) groups is 2. The second-order valence-corrected chi connectivity index (χ2v) is 7.36. The molecule has 3 N–H and O–H groups in total. The van der Waals surface area contributed by atoms with Crippen LogP contribution in [0.1, 0.15) is 44.6 Å². The number of hydrogen-bond donors (Lipinski definition) is 3. The largest absolute Gasteiger partial charge is 0.357 e. The maximum absolute atomic E-state index is 12.4. The summed E-state index contributed by atoms with van der Waals surface area (Å²) in [5, 5.41) is 9.22. The van der Waals surface area contributed by atoms with Crippen LogP contribution in [-0.4, -0.2) is 49.9 Å². The van der Waals surface area contributed by atoms with Gasteiger partial charge in [-0.1, -0.05) is 31.4 Å². The molecular formula is C21H33N5O2. The van der Waals surface area contributed by atoms with Crippen LogP contribution in [0.25, 0.3) is 0 Å². The molecule has 0 bridgehead atoms. The van der Waals surface area contributed by atoms with Gasteiger partial charge in [0.05, 0.1) is 13.1 Å². The fourth-order valence-corrected chi connectivity index (χ4v) is 3.19. The highest BCUT2D eigenvalue weighted by Crippen LogP contribution is 2.25. The molecule has 2 amide bonds. The third-order valence-corrected chi connectivity index (χ3v) is 4.84. The molecule has 0 aliphatic heterocycles. The second-order valence-electron chi connectivity index (χ2n) is 7.36. The molecule has 7 nitrogen and oxygen atoms in total. The van der Waals surface area contributed by atoms with Crippen molar-refractivity contribution in [2.75, 3.05) is 32.5 Å². The zero-order chi connectivity index (χ0) is 20.4. The van der Waals surface area contributed by atoms with E-state index in [0.717, 1.165) is 36.9 Å². The van der Waals surface area contributed by atoms with Gasteiger partial charge in [-0.2, -0.15) is 0 Å². The fourth-order valence-electron chi connectivity index (χ4n) is 3.19. The van der Waals surface area contributed by atoms with E-state index in [9.17, 15) is 9.59 Å². The van der Waals surface area contributed by atoms with Gasteiger partial charge in [-0.3, -0.25) is 9.59 Å². The van der Waals surface area contributed by atoms with Crippen LogP contribution in [0, 0.1) is 5.92 Å². The highest BCUT2D eigenvalue weighted by Gasteiger charge is 2.21. The number of benzene rings is 1. The lowest BCUT2D eigenvalue weighted by atomic mass is 9.88. The predicted molar refractivity (Wildman–Crippen MR) is 113 cm³/mol. The number of hydrogen-bond acceptors (Lipinski definition) is 3. The zero-order valence-electron chi connectivity index (χ0n) is 17.3. The van der Waals surface area contributed by atoms with Crippen molar-refractivity contribution < 1.29 is 9.59 Å². The van der Waals surface area contributed by atoms with E-state index in [-0.39, 0.29) is 24.3 Å². The number of likely N-dealkylation sites (N-methyl/N-ethyl adjacent to an activating group) is 1. The minimum absolute atomic E-state index is 0.0157. The van der Waals surface area contributed by atoms with Crippen LogP contribution in [-0.2, 0) is 16.1 Å². The fraction of sp³-hybridized carbons (Fsp3) is 0.571. The van der Waals surface area contributed by atoms with Gasteiger partial charge in [0, 0.05) is 32.2 Å². The maximum Gasteiger partial charge on any atom is 0.241 e. The number of carbonyl (C=O) groups excluding carboxylic acids is 2. The molecule has 0 saturated heterocycles. The van der Waals surface area contributed by atoms with Crippen LogP contribution in [0.3, 0.4) is 0 Å². The molecule has 1 aromatic rings. The summed E-state index contributed by atoms with van der Waals surface area (Å²) >= 11 is 0. The summed E-state index contributed by atoms with van der Waals surface area (Å²) < 4.78 is 0. The van der Waals surface area contributed by atoms with E-state index in [2.05, 4.69) is 20.9 Å². The summed E-state index contributed by atoms with van der Waals surface area (Å²) in [5.41, 5.74) is 1.81. The van der Waals surface area contributed by atoms with Crippen molar-refractivity contribution in [3.05, 3.63) is 29.8 Å². The highest BCUT2D eigenvalue weighted by atomic mass is 16.2. The van der Waals surface area contributed by atoms with E-state index >= 15 is 0 Å². The predicted octanol–water partition coefficient (Wildman–Crippen LogP) is 2.35. The van der Waals surface area contributed by atoms with E-state index in [0.29, 0.717) is 19.0 Å². The molecule has 154 valence electrons. The van der Waals surface area contributed by atoms with E-state index in [1.54, 1.807) is 14.1 Å². The Morgan fingerprint density at radius 2 is 1.89 bits per heavy atom. The number of rotatable bonds is 7. The molecule has 0 atom stereocenters. The van der Waals surface area contributed by atoms with Crippen LogP contribution < -0.4 is 16.0 Å².